The first kappa shape index (κ1) is 12.1. The first-order valence-electron chi connectivity index (χ1n) is 5.03. The van der Waals surface area contributed by atoms with Crippen LogP contribution in [0.4, 0.5) is 0 Å². The van der Waals surface area contributed by atoms with Crippen molar-refractivity contribution in [3.05, 3.63) is 42.5 Å². The molecule has 0 atom stereocenters. The van der Waals surface area contributed by atoms with Crippen molar-refractivity contribution in [3.8, 4) is 0 Å². The Morgan fingerprint density at radius 1 is 0.882 bits per heavy atom. The zero-order chi connectivity index (χ0) is 11.1. The van der Waals surface area contributed by atoms with E-state index in [2.05, 4.69) is 6.07 Å². The second-order valence-electron chi connectivity index (χ2n) is 3.70. The minimum atomic E-state index is -1.41. The zero-order valence-electron chi connectivity index (χ0n) is 8.42. The Bertz CT molecular complexity index is 661. The molecule has 3 aromatic rings. The van der Waals surface area contributed by atoms with Crippen LogP contribution in [-0.2, 0) is 0 Å². The molecule has 2 nitrogen and oxygen atoms in total. The van der Waals surface area contributed by atoms with E-state index >= 15 is 0 Å². The molecule has 0 unspecified atom stereocenters. The standard InChI is InChI=1S/C12H9BO2S.CH4/c14-13(15)10-6-3-5-9-8-4-1-2-7-11(8)16-12(9)10;/h1-7,14-15H;1H4. The summed E-state index contributed by atoms with van der Waals surface area (Å²) in [5.74, 6) is 0. The van der Waals surface area contributed by atoms with Gasteiger partial charge in [0.05, 0.1) is 0 Å². The maximum Gasteiger partial charge on any atom is 0.489 e. The number of benzene rings is 2. The molecule has 1 heterocycles. The first-order valence-corrected chi connectivity index (χ1v) is 5.85. The Hall–Kier alpha value is -1.36. The third-order valence-corrected chi connectivity index (χ3v) is 3.95. The van der Waals surface area contributed by atoms with E-state index < -0.39 is 7.12 Å². The van der Waals surface area contributed by atoms with Gasteiger partial charge >= 0.3 is 7.12 Å². The van der Waals surface area contributed by atoms with Gasteiger partial charge in [-0.2, -0.15) is 0 Å². The fraction of sp³-hybridized carbons (Fsp3) is 0.0769. The Balaban J connectivity index is 0.00000108. The second kappa shape index (κ2) is 4.49. The summed E-state index contributed by atoms with van der Waals surface area (Å²) in [6.07, 6.45) is 0. The van der Waals surface area contributed by atoms with Gasteiger partial charge in [-0.25, -0.2) is 0 Å². The SMILES string of the molecule is C.OB(O)c1cccc2c1sc1ccccc12. The third kappa shape index (κ3) is 1.84. The van der Waals surface area contributed by atoms with Crippen molar-refractivity contribution in [2.24, 2.45) is 0 Å². The number of rotatable bonds is 1. The van der Waals surface area contributed by atoms with Gasteiger partial charge < -0.3 is 10.0 Å². The van der Waals surface area contributed by atoms with Crippen LogP contribution in [0.15, 0.2) is 42.5 Å². The van der Waals surface area contributed by atoms with E-state index in [0.717, 1.165) is 10.1 Å². The Labute approximate surface area is 104 Å². The molecule has 0 amide bonds. The lowest BCUT2D eigenvalue weighted by molar-refractivity contribution is 0.426. The summed E-state index contributed by atoms with van der Waals surface area (Å²) >= 11 is 1.60. The van der Waals surface area contributed by atoms with E-state index in [1.807, 2.05) is 30.3 Å². The quantitative estimate of drug-likeness (QED) is 0.645. The van der Waals surface area contributed by atoms with Gasteiger partial charge in [-0.1, -0.05) is 43.8 Å². The topological polar surface area (TPSA) is 40.5 Å². The Morgan fingerprint density at radius 3 is 2.35 bits per heavy atom. The van der Waals surface area contributed by atoms with Crippen LogP contribution in [-0.4, -0.2) is 17.2 Å². The molecule has 17 heavy (non-hydrogen) atoms. The van der Waals surface area contributed by atoms with Gasteiger partial charge in [0.2, 0.25) is 0 Å². The summed E-state index contributed by atoms with van der Waals surface area (Å²) in [7, 11) is -1.41. The maximum absolute atomic E-state index is 9.31. The monoisotopic (exact) mass is 244 g/mol. The number of hydrogen-bond acceptors (Lipinski definition) is 3. The van der Waals surface area contributed by atoms with E-state index in [4.69, 9.17) is 0 Å². The fourth-order valence-corrected chi connectivity index (χ4v) is 3.21. The molecule has 2 N–H and O–H groups in total. The molecule has 3 rings (SSSR count). The molecule has 0 aliphatic carbocycles. The molecular formula is C13H13BO2S. The lowest BCUT2D eigenvalue weighted by Gasteiger charge is -1.99. The summed E-state index contributed by atoms with van der Waals surface area (Å²) in [4.78, 5) is 0. The van der Waals surface area contributed by atoms with Crippen molar-refractivity contribution < 1.29 is 10.0 Å². The average molecular weight is 244 g/mol. The van der Waals surface area contributed by atoms with Crippen molar-refractivity contribution in [1.82, 2.24) is 0 Å². The van der Waals surface area contributed by atoms with Gasteiger partial charge in [-0.05, 0) is 16.9 Å². The predicted molar refractivity (Wildman–Crippen MR) is 75.9 cm³/mol. The smallest absolute Gasteiger partial charge is 0.423 e. The average Bonchev–Trinajstić information content (AvgIpc) is 2.67. The first-order chi connectivity index (χ1) is 7.77. The van der Waals surface area contributed by atoms with Crippen LogP contribution < -0.4 is 5.46 Å². The molecule has 0 aliphatic heterocycles. The number of thiophene rings is 1. The van der Waals surface area contributed by atoms with Gasteiger partial charge in [0.15, 0.2) is 0 Å². The van der Waals surface area contributed by atoms with Crippen LogP contribution in [0.3, 0.4) is 0 Å². The minimum absolute atomic E-state index is 0. The van der Waals surface area contributed by atoms with Crippen LogP contribution in [0.5, 0.6) is 0 Å². The molecule has 0 fully saturated rings. The van der Waals surface area contributed by atoms with Crippen LogP contribution >= 0.6 is 11.3 Å². The summed E-state index contributed by atoms with van der Waals surface area (Å²) < 4.78 is 2.13. The normalized spacial score (nSPS) is 10.5. The molecule has 0 saturated heterocycles. The maximum atomic E-state index is 9.31. The van der Waals surface area contributed by atoms with Crippen LogP contribution in [0.2, 0.25) is 0 Å². The lowest BCUT2D eigenvalue weighted by atomic mass is 9.80. The molecule has 86 valence electrons. The molecule has 1 aromatic heterocycles. The number of fused-ring (bicyclic) bond motifs is 3. The summed E-state index contributed by atoms with van der Waals surface area (Å²) in [5, 5.41) is 20.9. The molecule has 0 saturated carbocycles. The van der Waals surface area contributed by atoms with Crippen LogP contribution in [0.25, 0.3) is 20.2 Å². The van der Waals surface area contributed by atoms with Gasteiger partial charge in [0, 0.05) is 14.8 Å². The largest absolute Gasteiger partial charge is 0.489 e. The van der Waals surface area contributed by atoms with Crippen molar-refractivity contribution in [2.45, 2.75) is 7.43 Å². The molecule has 2 aromatic carbocycles. The van der Waals surface area contributed by atoms with Crippen molar-refractivity contribution in [2.75, 3.05) is 0 Å². The van der Waals surface area contributed by atoms with E-state index in [1.54, 1.807) is 17.4 Å². The highest BCUT2D eigenvalue weighted by Crippen LogP contribution is 2.32. The fourth-order valence-electron chi connectivity index (χ4n) is 1.97. The Morgan fingerprint density at radius 2 is 1.59 bits per heavy atom. The predicted octanol–water partition coefficient (Wildman–Crippen LogP) is 2.37. The second-order valence-corrected chi connectivity index (χ2v) is 4.75. The van der Waals surface area contributed by atoms with Gasteiger partial charge in [0.1, 0.15) is 0 Å². The highest BCUT2D eigenvalue weighted by atomic mass is 32.1. The molecule has 0 aliphatic rings. The highest BCUT2D eigenvalue weighted by Gasteiger charge is 2.16. The summed E-state index contributed by atoms with van der Waals surface area (Å²) in [6.45, 7) is 0. The van der Waals surface area contributed by atoms with Gasteiger partial charge in [0.25, 0.3) is 0 Å². The summed E-state index contributed by atoms with van der Waals surface area (Å²) in [6, 6.07) is 13.7. The molecule has 4 heteroatoms. The lowest BCUT2D eigenvalue weighted by Crippen LogP contribution is -2.29. The van der Waals surface area contributed by atoms with Crippen LogP contribution in [0, 0.1) is 0 Å². The highest BCUT2D eigenvalue weighted by molar-refractivity contribution is 7.27. The van der Waals surface area contributed by atoms with Gasteiger partial charge in [-0.15, -0.1) is 11.3 Å². The molecular weight excluding hydrogens is 231 g/mol. The number of hydrogen-bond donors (Lipinski definition) is 2. The minimum Gasteiger partial charge on any atom is -0.423 e. The van der Waals surface area contributed by atoms with E-state index in [9.17, 15) is 10.0 Å². The molecule has 0 bridgehead atoms. The zero-order valence-corrected chi connectivity index (χ0v) is 9.24. The van der Waals surface area contributed by atoms with E-state index in [0.29, 0.717) is 5.46 Å². The third-order valence-electron chi connectivity index (χ3n) is 2.71. The molecule has 0 spiro atoms. The summed E-state index contributed by atoms with van der Waals surface area (Å²) in [5.41, 5.74) is 0.582. The van der Waals surface area contributed by atoms with Crippen molar-refractivity contribution in [1.29, 1.82) is 0 Å². The van der Waals surface area contributed by atoms with Gasteiger partial charge in [-0.3, -0.25) is 0 Å². The van der Waals surface area contributed by atoms with E-state index in [-0.39, 0.29) is 7.43 Å². The van der Waals surface area contributed by atoms with Crippen molar-refractivity contribution >= 4 is 44.1 Å². The van der Waals surface area contributed by atoms with E-state index in [1.165, 1.54) is 10.1 Å². The van der Waals surface area contributed by atoms with Crippen LogP contribution in [0.1, 0.15) is 7.43 Å². The molecule has 0 radical (unpaired) electrons. The van der Waals surface area contributed by atoms with Crippen molar-refractivity contribution in [3.63, 3.8) is 0 Å². The Kier molecular flexibility index (Phi) is 3.20.